The third-order valence-electron chi connectivity index (χ3n) is 4.92. The smallest absolute Gasteiger partial charge is 0.306 e. The summed E-state index contributed by atoms with van der Waals surface area (Å²) in [5, 5.41) is 10.5. The Morgan fingerprint density at radius 2 is 1.80 bits per heavy atom. The molecule has 3 aromatic rings. The number of hydrogen-bond donors (Lipinski definition) is 2. The number of benzene rings is 2. The summed E-state index contributed by atoms with van der Waals surface area (Å²) in [5.41, 5.74) is 1.99. The molecule has 1 heterocycles. The first-order valence-electron chi connectivity index (χ1n) is 9.75. The van der Waals surface area contributed by atoms with E-state index in [1.165, 1.54) is 13.2 Å². The van der Waals surface area contributed by atoms with Crippen molar-refractivity contribution in [2.75, 3.05) is 13.7 Å². The van der Waals surface area contributed by atoms with Crippen LogP contribution in [0, 0.1) is 6.92 Å². The normalized spacial score (nSPS) is 11.7. The second-order valence-electron chi connectivity index (χ2n) is 7.04. The lowest BCUT2D eigenvalue weighted by Crippen LogP contribution is -2.21. The highest BCUT2D eigenvalue weighted by Gasteiger charge is 2.27. The van der Waals surface area contributed by atoms with E-state index in [2.05, 4.69) is 4.98 Å². The van der Waals surface area contributed by atoms with E-state index in [0.29, 0.717) is 30.0 Å². The highest BCUT2D eigenvalue weighted by Crippen LogP contribution is 2.37. The van der Waals surface area contributed by atoms with Gasteiger partial charge in [-0.2, -0.15) is 0 Å². The number of carbonyl (C=O) groups is 1. The topological polar surface area (TPSA) is 88.6 Å². The summed E-state index contributed by atoms with van der Waals surface area (Å²) in [6, 6.07) is 18.7. The summed E-state index contributed by atoms with van der Waals surface area (Å²) in [4.78, 5) is 27.5. The fourth-order valence-corrected chi connectivity index (χ4v) is 3.46. The zero-order valence-electron chi connectivity index (χ0n) is 17.1. The zero-order chi connectivity index (χ0) is 21.5. The first-order valence-corrected chi connectivity index (χ1v) is 9.75. The van der Waals surface area contributed by atoms with Crippen molar-refractivity contribution in [1.82, 2.24) is 4.98 Å². The number of aromatic amines is 1. The van der Waals surface area contributed by atoms with Crippen molar-refractivity contribution >= 4 is 5.97 Å². The molecule has 3 rings (SSSR count). The van der Waals surface area contributed by atoms with Crippen molar-refractivity contribution in [1.29, 1.82) is 0 Å². The standard InChI is InChI=1S/C24H25NO5/c1-16-14-20(26)23(24(28)25-16)19(15-22(27)29-2)18-10-6-7-11-21(18)30-13-12-17-8-4-3-5-9-17/h3-11,14,19H,12-13,15H2,1-2H3,(H2,25,26,28)/t19-/m1/s1. The summed E-state index contributed by atoms with van der Waals surface area (Å²) in [6.07, 6.45) is 0.614. The Balaban J connectivity index is 1.94. The van der Waals surface area contributed by atoms with Gasteiger partial charge in [-0.15, -0.1) is 0 Å². The number of hydrogen-bond acceptors (Lipinski definition) is 5. The second kappa shape index (κ2) is 9.78. The molecule has 0 amide bonds. The quantitative estimate of drug-likeness (QED) is 0.556. The predicted molar refractivity (Wildman–Crippen MR) is 114 cm³/mol. The molecule has 30 heavy (non-hydrogen) atoms. The number of H-pyrrole nitrogens is 1. The van der Waals surface area contributed by atoms with Gasteiger partial charge in [0.2, 0.25) is 0 Å². The van der Waals surface area contributed by atoms with Gasteiger partial charge >= 0.3 is 5.97 Å². The number of para-hydroxylation sites is 1. The first-order chi connectivity index (χ1) is 14.5. The van der Waals surface area contributed by atoms with Gasteiger partial charge in [0.25, 0.3) is 5.56 Å². The van der Waals surface area contributed by atoms with Crippen LogP contribution in [0.1, 0.15) is 34.7 Å². The van der Waals surface area contributed by atoms with Gasteiger partial charge in [-0.05, 0) is 24.6 Å². The van der Waals surface area contributed by atoms with E-state index in [0.717, 1.165) is 5.56 Å². The van der Waals surface area contributed by atoms with Crippen molar-refractivity contribution in [3.05, 3.63) is 93.4 Å². The van der Waals surface area contributed by atoms with Gasteiger partial charge in [-0.3, -0.25) is 9.59 Å². The monoisotopic (exact) mass is 407 g/mol. The van der Waals surface area contributed by atoms with Crippen LogP contribution in [-0.4, -0.2) is 29.8 Å². The maximum absolute atomic E-state index is 12.6. The zero-order valence-corrected chi connectivity index (χ0v) is 17.1. The highest BCUT2D eigenvalue weighted by molar-refractivity contribution is 5.72. The molecule has 0 aliphatic carbocycles. The first kappa shape index (κ1) is 21.2. The van der Waals surface area contributed by atoms with Gasteiger partial charge in [-0.25, -0.2) is 0 Å². The summed E-state index contributed by atoms with van der Waals surface area (Å²) < 4.78 is 10.8. The van der Waals surface area contributed by atoms with Crippen LogP contribution in [0.5, 0.6) is 11.5 Å². The fourth-order valence-electron chi connectivity index (χ4n) is 3.46. The van der Waals surface area contributed by atoms with Crippen LogP contribution in [0.15, 0.2) is 65.5 Å². The van der Waals surface area contributed by atoms with Crippen LogP contribution in [-0.2, 0) is 16.0 Å². The molecule has 6 nitrogen and oxygen atoms in total. The number of rotatable bonds is 8. The Morgan fingerprint density at radius 1 is 1.10 bits per heavy atom. The Morgan fingerprint density at radius 3 is 2.50 bits per heavy atom. The average molecular weight is 407 g/mol. The van der Waals surface area contributed by atoms with E-state index in [4.69, 9.17) is 9.47 Å². The maximum Gasteiger partial charge on any atom is 0.306 e. The third-order valence-corrected chi connectivity index (χ3v) is 4.92. The minimum absolute atomic E-state index is 0.102. The number of aromatic nitrogens is 1. The van der Waals surface area contributed by atoms with Gasteiger partial charge in [0.15, 0.2) is 0 Å². The van der Waals surface area contributed by atoms with Crippen LogP contribution >= 0.6 is 0 Å². The number of ether oxygens (including phenoxy) is 2. The van der Waals surface area contributed by atoms with Gasteiger partial charge in [0, 0.05) is 23.6 Å². The molecule has 6 heteroatoms. The van der Waals surface area contributed by atoms with Crippen LogP contribution in [0.25, 0.3) is 0 Å². The molecule has 0 saturated carbocycles. The number of pyridine rings is 1. The van der Waals surface area contributed by atoms with Crippen LogP contribution in [0.2, 0.25) is 0 Å². The van der Waals surface area contributed by atoms with Crippen molar-refractivity contribution in [3.8, 4) is 11.5 Å². The molecule has 0 fully saturated rings. The van der Waals surface area contributed by atoms with E-state index >= 15 is 0 Å². The predicted octanol–water partition coefficient (Wildman–Crippen LogP) is 3.71. The molecule has 0 aliphatic heterocycles. The molecule has 0 spiro atoms. The minimum atomic E-state index is -0.713. The average Bonchev–Trinajstić information content (AvgIpc) is 2.73. The molecule has 0 bridgehead atoms. The molecule has 2 aromatic carbocycles. The molecule has 0 saturated heterocycles. The summed E-state index contributed by atoms with van der Waals surface area (Å²) >= 11 is 0. The molecule has 2 N–H and O–H groups in total. The lowest BCUT2D eigenvalue weighted by molar-refractivity contribution is -0.140. The van der Waals surface area contributed by atoms with Gasteiger partial charge in [-0.1, -0.05) is 48.5 Å². The number of nitrogens with one attached hydrogen (secondary N) is 1. The minimum Gasteiger partial charge on any atom is -0.507 e. The van der Waals surface area contributed by atoms with Crippen molar-refractivity contribution in [3.63, 3.8) is 0 Å². The third kappa shape index (κ3) is 5.08. The van der Waals surface area contributed by atoms with E-state index in [-0.39, 0.29) is 17.7 Å². The SMILES string of the molecule is COC(=O)C[C@H](c1ccccc1OCCc1ccccc1)c1c(O)cc(C)[nH]c1=O. The van der Waals surface area contributed by atoms with Gasteiger partial charge in [0.05, 0.1) is 25.7 Å². The number of methoxy groups -OCH3 is 1. The number of carbonyl (C=O) groups excluding carboxylic acids is 1. The Kier molecular flexibility index (Phi) is 6.91. The number of aryl methyl sites for hydroxylation is 1. The Bertz CT molecular complexity index is 1060. The molecule has 0 aliphatic rings. The molecule has 0 unspecified atom stereocenters. The summed E-state index contributed by atoms with van der Waals surface area (Å²) in [5.74, 6) is -0.806. The second-order valence-corrected chi connectivity index (χ2v) is 7.04. The molecule has 0 radical (unpaired) electrons. The molecule has 1 aromatic heterocycles. The molecular formula is C24H25NO5. The van der Waals surface area contributed by atoms with Crippen molar-refractivity contribution in [2.45, 2.75) is 25.7 Å². The molecule has 156 valence electrons. The van der Waals surface area contributed by atoms with Crippen LogP contribution < -0.4 is 10.3 Å². The summed E-state index contributed by atoms with van der Waals surface area (Å²) in [6.45, 7) is 2.11. The van der Waals surface area contributed by atoms with Crippen LogP contribution in [0.3, 0.4) is 0 Å². The number of aromatic hydroxyl groups is 1. The largest absolute Gasteiger partial charge is 0.507 e. The lowest BCUT2D eigenvalue weighted by atomic mass is 9.88. The fraction of sp³-hybridized carbons (Fsp3) is 0.250. The highest BCUT2D eigenvalue weighted by atomic mass is 16.5. The lowest BCUT2D eigenvalue weighted by Gasteiger charge is -2.21. The Hall–Kier alpha value is -3.54. The molecular weight excluding hydrogens is 382 g/mol. The molecule has 1 atom stereocenters. The Labute approximate surface area is 175 Å². The van der Waals surface area contributed by atoms with E-state index in [1.54, 1.807) is 19.1 Å². The van der Waals surface area contributed by atoms with E-state index in [1.807, 2.05) is 42.5 Å². The van der Waals surface area contributed by atoms with Crippen molar-refractivity contribution in [2.24, 2.45) is 0 Å². The van der Waals surface area contributed by atoms with E-state index < -0.39 is 17.4 Å². The van der Waals surface area contributed by atoms with Crippen molar-refractivity contribution < 1.29 is 19.4 Å². The number of esters is 1. The van der Waals surface area contributed by atoms with Crippen LogP contribution in [0.4, 0.5) is 0 Å². The van der Waals surface area contributed by atoms with Gasteiger partial charge < -0.3 is 19.6 Å². The van der Waals surface area contributed by atoms with E-state index in [9.17, 15) is 14.7 Å². The van der Waals surface area contributed by atoms with Gasteiger partial charge in [0.1, 0.15) is 11.5 Å². The maximum atomic E-state index is 12.6. The summed E-state index contributed by atoms with van der Waals surface area (Å²) in [7, 11) is 1.29.